The first kappa shape index (κ1) is 18.0. The Balaban J connectivity index is 1.78. The van der Waals surface area contributed by atoms with Crippen LogP contribution in [0.3, 0.4) is 0 Å². The van der Waals surface area contributed by atoms with E-state index in [2.05, 4.69) is 20.6 Å². The smallest absolute Gasteiger partial charge is 0.318 e. The second-order valence-corrected chi connectivity index (χ2v) is 7.35. The molecule has 1 aliphatic rings. The molecule has 3 rings (SSSR count). The minimum atomic E-state index is -0.588. The summed E-state index contributed by atoms with van der Waals surface area (Å²) in [6, 6.07) is 3.19. The maximum Gasteiger partial charge on any atom is 0.318 e. The highest BCUT2D eigenvalue weighted by atomic mass is 19.1. The van der Waals surface area contributed by atoms with Crippen LogP contribution < -0.4 is 5.32 Å². The van der Waals surface area contributed by atoms with E-state index in [0.717, 1.165) is 17.0 Å². The highest BCUT2D eigenvalue weighted by Crippen LogP contribution is 2.25. The molecule has 138 valence electrons. The monoisotopic (exact) mass is 358 g/mol. The third kappa shape index (κ3) is 3.74. The number of urea groups is 1. The summed E-state index contributed by atoms with van der Waals surface area (Å²) in [5.41, 5.74) is 2.48. The molecule has 0 aliphatic carbocycles. The molecule has 0 saturated carbocycles. The number of pyridine rings is 1. The molecule has 0 aromatic carbocycles. The van der Waals surface area contributed by atoms with E-state index < -0.39 is 5.95 Å². The lowest BCUT2D eigenvalue weighted by molar-refractivity contribution is 0.193. The van der Waals surface area contributed by atoms with Gasteiger partial charge in [-0.2, -0.15) is 4.39 Å². The van der Waals surface area contributed by atoms with E-state index in [-0.39, 0.29) is 17.3 Å². The molecule has 0 radical (unpaired) electrons. The van der Waals surface area contributed by atoms with Gasteiger partial charge in [-0.25, -0.2) is 14.5 Å². The van der Waals surface area contributed by atoms with Crippen LogP contribution in [0.15, 0.2) is 24.4 Å². The van der Waals surface area contributed by atoms with Gasteiger partial charge in [0.15, 0.2) is 0 Å². The van der Waals surface area contributed by atoms with Gasteiger partial charge in [-0.15, -0.1) is 5.10 Å². The van der Waals surface area contributed by atoms with Crippen LogP contribution in [-0.2, 0) is 0 Å². The zero-order chi connectivity index (χ0) is 18.9. The van der Waals surface area contributed by atoms with E-state index in [9.17, 15) is 9.18 Å². The van der Waals surface area contributed by atoms with Gasteiger partial charge in [-0.1, -0.05) is 11.3 Å². The van der Waals surface area contributed by atoms with Gasteiger partial charge in [0.2, 0.25) is 5.95 Å². The molecule has 26 heavy (non-hydrogen) atoms. The zero-order valence-corrected chi connectivity index (χ0v) is 15.5. The molecular formula is C18H23FN6O. The Morgan fingerprint density at radius 3 is 2.73 bits per heavy atom. The van der Waals surface area contributed by atoms with E-state index >= 15 is 0 Å². The minimum absolute atomic E-state index is 0.0781. The van der Waals surface area contributed by atoms with Gasteiger partial charge in [0, 0.05) is 24.8 Å². The van der Waals surface area contributed by atoms with Gasteiger partial charge >= 0.3 is 6.03 Å². The molecule has 8 heteroatoms. The number of hydrogen-bond acceptors (Lipinski definition) is 4. The lowest BCUT2D eigenvalue weighted by Gasteiger charge is -2.30. The molecule has 2 amide bonds. The summed E-state index contributed by atoms with van der Waals surface area (Å²) in [4.78, 5) is 17.7. The predicted molar refractivity (Wildman–Crippen MR) is 96.3 cm³/mol. The van der Waals surface area contributed by atoms with Crippen molar-refractivity contribution >= 4 is 11.6 Å². The molecule has 0 saturated heterocycles. The molecule has 2 aromatic heterocycles. The van der Waals surface area contributed by atoms with E-state index in [0.29, 0.717) is 19.5 Å². The quantitative estimate of drug-likeness (QED) is 0.838. The van der Waals surface area contributed by atoms with Crippen LogP contribution in [0.2, 0.25) is 0 Å². The molecular weight excluding hydrogens is 335 g/mol. The molecule has 2 aromatic rings. The first-order valence-electron chi connectivity index (χ1n) is 8.56. The van der Waals surface area contributed by atoms with Crippen molar-refractivity contribution in [2.45, 2.75) is 39.7 Å². The number of amides is 2. The van der Waals surface area contributed by atoms with Gasteiger partial charge in [-0.3, -0.25) is 0 Å². The fourth-order valence-electron chi connectivity index (χ4n) is 2.86. The molecule has 0 atom stereocenters. The predicted octanol–water partition coefficient (Wildman–Crippen LogP) is 2.71. The van der Waals surface area contributed by atoms with Gasteiger partial charge in [0.1, 0.15) is 11.4 Å². The number of nitrogens with one attached hydrogen (secondary N) is 1. The summed E-state index contributed by atoms with van der Waals surface area (Å²) >= 11 is 0. The van der Waals surface area contributed by atoms with Gasteiger partial charge in [0.25, 0.3) is 0 Å². The minimum Gasteiger partial charge on any atom is -0.333 e. The van der Waals surface area contributed by atoms with E-state index in [4.69, 9.17) is 0 Å². The molecule has 7 nitrogen and oxygen atoms in total. The van der Waals surface area contributed by atoms with Crippen molar-refractivity contribution in [3.8, 4) is 5.69 Å². The lowest BCUT2D eigenvalue weighted by atomic mass is 10.0. The molecule has 1 N–H and O–H groups in total. The third-order valence-electron chi connectivity index (χ3n) is 4.14. The largest absolute Gasteiger partial charge is 0.333 e. The first-order chi connectivity index (χ1) is 12.3. The number of rotatable bonds is 2. The van der Waals surface area contributed by atoms with Crippen LogP contribution in [0.1, 0.15) is 38.6 Å². The molecule has 0 bridgehead atoms. The van der Waals surface area contributed by atoms with Crippen LogP contribution >= 0.6 is 0 Å². The van der Waals surface area contributed by atoms with Gasteiger partial charge in [-0.05, 0) is 51.8 Å². The second-order valence-electron chi connectivity index (χ2n) is 7.35. The van der Waals surface area contributed by atoms with Crippen molar-refractivity contribution < 1.29 is 9.18 Å². The third-order valence-corrected chi connectivity index (χ3v) is 4.14. The second kappa shape index (κ2) is 6.86. The van der Waals surface area contributed by atoms with Crippen molar-refractivity contribution in [1.82, 2.24) is 30.2 Å². The van der Waals surface area contributed by atoms with Crippen LogP contribution in [-0.4, -0.2) is 49.5 Å². The normalized spacial score (nSPS) is 15.0. The fourth-order valence-corrected chi connectivity index (χ4v) is 2.86. The van der Waals surface area contributed by atoms with Crippen LogP contribution in [0, 0.1) is 12.9 Å². The molecule has 0 unspecified atom stereocenters. The van der Waals surface area contributed by atoms with Crippen LogP contribution in [0.25, 0.3) is 11.3 Å². The Bertz CT molecular complexity index is 852. The highest BCUT2D eigenvalue weighted by molar-refractivity contribution is 5.77. The van der Waals surface area contributed by atoms with Crippen molar-refractivity contribution in [2.24, 2.45) is 0 Å². The van der Waals surface area contributed by atoms with Gasteiger partial charge < -0.3 is 10.2 Å². The number of carbonyl (C=O) groups is 1. The standard InChI is InChI=1S/C18H23FN6O/c1-12-15(22-23-25(12)14-6-5-9-20-16(14)19)13-7-10-24(11-8-13)17(26)21-18(2,3)4/h5-7,9H,8,10-11H2,1-4H3,(H,21,26). The zero-order valence-electron chi connectivity index (χ0n) is 15.5. The fraction of sp³-hybridized carbons (Fsp3) is 0.444. The van der Waals surface area contributed by atoms with Crippen molar-refractivity contribution in [2.75, 3.05) is 13.1 Å². The average molecular weight is 358 g/mol. The Hall–Kier alpha value is -2.77. The van der Waals surface area contributed by atoms with E-state index in [1.165, 1.54) is 10.9 Å². The molecule has 0 spiro atoms. The Morgan fingerprint density at radius 1 is 1.35 bits per heavy atom. The number of hydrogen-bond donors (Lipinski definition) is 1. The number of carbonyl (C=O) groups excluding carboxylic acids is 1. The first-order valence-corrected chi connectivity index (χ1v) is 8.56. The summed E-state index contributed by atoms with van der Waals surface area (Å²) in [6.07, 6.45) is 4.05. The Kier molecular flexibility index (Phi) is 4.76. The average Bonchev–Trinajstić information content (AvgIpc) is 2.95. The lowest BCUT2D eigenvalue weighted by Crippen LogP contribution is -2.49. The Labute approximate surface area is 151 Å². The summed E-state index contributed by atoms with van der Waals surface area (Å²) in [5, 5.41) is 11.3. The van der Waals surface area contributed by atoms with Crippen molar-refractivity contribution in [3.63, 3.8) is 0 Å². The molecule has 0 fully saturated rings. The van der Waals surface area contributed by atoms with Gasteiger partial charge in [0.05, 0.1) is 5.69 Å². The Morgan fingerprint density at radius 2 is 2.12 bits per heavy atom. The van der Waals surface area contributed by atoms with Crippen LogP contribution in [0.5, 0.6) is 0 Å². The number of aromatic nitrogens is 4. The summed E-state index contributed by atoms with van der Waals surface area (Å²) < 4.78 is 15.4. The molecule has 3 heterocycles. The summed E-state index contributed by atoms with van der Waals surface area (Å²) in [6.45, 7) is 8.81. The number of nitrogens with zero attached hydrogens (tertiary/aromatic N) is 5. The maximum atomic E-state index is 13.9. The summed E-state index contributed by atoms with van der Waals surface area (Å²) in [7, 11) is 0. The van der Waals surface area contributed by atoms with E-state index in [1.54, 1.807) is 17.0 Å². The SMILES string of the molecule is Cc1c(C2=CCN(C(=O)NC(C)(C)C)CC2)nnn1-c1cccnc1F. The highest BCUT2D eigenvalue weighted by Gasteiger charge is 2.24. The topological polar surface area (TPSA) is 75.9 Å². The summed E-state index contributed by atoms with van der Waals surface area (Å²) in [5.74, 6) is -0.588. The maximum absolute atomic E-state index is 13.9. The van der Waals surface area contributed by atoms with Crippen LogP contribution in [0.4, 0.5) is 9.18 Å². The number of halogens is 1. The van der Waals surface area contributed by atoms with E-state index in [1.807, 2.05) is 33.8 Å². The van der Waals surface area contributed by atoms with Crippen molar-refractivity contribution in [1.29, 1.82) is 0 Å². The molecule has 1 aliphatic heterocycles. The van der Waals surface area contributed by atoms with Crippen molar-refractivity contribution in [3.05, 3.63) is 41.7 Å².